The summed E-state index contributed by atoms with van der Waals surface area (Å²) in [5.74, 6) is 2.71. The van der Waals surface area contributed by atoms with Crippen molar-refractivity contribution in [1.29, 1.82) is 0 Å². The molecule has 0 spiro atoms. The lowest BCUT2D eigenvalue weighted by molar-refractivity contribution is -0.844. The molecule has 0 aromatic carbocycles. The molecule has 0 aliphatic carbocycles. The maximum atomic E-state index is 13.7. The van der Waals surface area contributed by atoms with Crippen LogP contribution in [0.3, 0.4) is 0 Å². The van der Waals surface area contributed by atoms with Gasteiger partial charge in [0.2, 0.25) is 0 Å². The average Bonchev–Trinajstić information content (AvgIpc) is 3.23. The topological polar surface area (TPSA) is 47.6 Å². The predicted molar refractivity (Wildman–Crippen MR) is 287 cm³/mol. The first kappa shape index (κ1) is 64.9. The summed E-state index contributed by atoms with van der Waals surface area (Å²) in [5, 5.41) is 4.89. The molecule has 0 aliphatic heterocycles. The minimum absolute atomic E-state index is 0. The standard InChI is InChI=1S/C53H111N2O3PS2.CH4/c1-8-12-16-20-22-28-34-42-52(60-50-40-18-14-10-3)44-36-30-24-26-32-38-48-57-59(56,54-46-47-55(5,6)7)58-49-39-33-27-25-31-37-45-53(61-51-41-19-15-11-4)43-35-29-23-21-17-13-9-2;/h52-53H,5,8-51H2,1-4,6-7H3,(H,54,56);1H4. The minimum atomic E-state index is -3.32. The van der Waals surface area contributed by atoms with Gasteiger partial charge in [-0.25, -0.2) is 9.65 Å². The molecule has 0 saturated heterocycles. The summed E-state index contributed by atoms with van der Waals surface area (Å²) in [6.45, 7) is 11.6. The zero-order chi connectivity index (χ0) is 44.8. The van der Waals surface area contributed by atoms with Gasteiger partial charge in [0.25, 0.3) is 0 Å². The van der Waals surface area contributed by atoms with Crippen LogP contribution < -0.4 is 5.09 Å². The van der Waals surface area contributed by atoms with E-state index in [4.69, 9.17) is 9.05 Å². The van der Waals surface area contributed by atoms with E-state index in [0.29, 0.717) is 24.2 Å². The van der Waals surface area contributed by atoms with Crippen molar-refractivity contribution in [1.82, 2.24) is 5.09 Å². The Kier molecular flexibility index (Phi) is 52.0. The Hall–Kier alpha value is 0.770. The van der Waals surface area contributed by atoms with Crippen LogP contribution in [-0.2, 0) is 13.6 Å². The van der Waals surface area contributed by atoms with E-state index in [1.807, 2.05) is 0 Å². The molecule has 0 fully saturated rings. The maximum absolute atomic E-state index is 13.7. The third-order valence-corrected chi connectivity index (χ3v) is 16.9. The van der Waals surface area contributed by atoms with Gasteiger partial charge in [-0.05, 0) is 62.9 Å². The Morgan fingerprint density at radius 1 is 0.452 bits per heavy atom. The number of thioether (sulfide) groups is 2. The van der Waals surface area contributed by atoms with Crippen LogP contribution in [0.4, 0.5) is 0 Å². The van der Waals surface area contributed by atoms with Crippen LogP contribution in [0.2, 0.25) is 0 Å². The zero-order valence-corrected chi connectivity index (χ0v) is 44.9. The molecule has 8 heteroatoms. The zero-order valence-electron chi connectivity index (χ0n) is 42.4. The molecule has 0 rings (SSSR count). The highest BCUT2D eigenvalue weighted by Crippen LogP contribution is 2.44. The molecule has 0 aromatic heterocycles. The van der Waals surface area contributed by atoms with Crippen molar-refractivity contribution in [3.05, 3.63) is 7.05 Å². The lowest BCUT2D eigenvalue weighted by Crippen LogP contribution is -2.38. The monoisotopic (exact) mass is 935 g/mol. The van der Waals surface area contributed by atoms with E-state index in [1.165, 1.54) is 230 Å². The molecule has 62 heavy (non-hydrogen) atoms. The highest BCUT2D eigenvalue weighted by atomic mass is 32.2. The van der Waals surface area contributed by atoms with Gasteiger partial charge in [-0.15, -0.1) is 7.05 Å². The van der Waals surface area contributed by atoms with Crippen LogP contribution in [0.25, 0.3) is 0 Å². The van der Waals surface area contributed by atoms with Crippen molar-refractivity contribution < 1.29 is 18.1 Å². The first-order valence-corrected chi connectivity index (χ1v) is 30.9. The highest BCUT2D eigenvalue weighted by molar-refractivity contribution is 8.00. The molecular weight excluding hydrogens is 820 g/mol. The number of hydrogen-bond donors (Lipinski definition) is 1. The van der Waals surface area contributed by atoms with E-state index in [-0.39, 0.29) is 7.43 Å². The molecule has 376 valence electrons. The van der Waals surface area contributed by atoms with Gasteiger partial charge in [0.1, 0.15) is 0 Å². The number of likely N-dealkylation sites (N-methyl/N-ethyl adjacent to an activating group) is 1. The summed E-state index contributed by atoms with van der Waals surface area (Å²) in [6, 6.07) is 0. The van der Waals surface area contributed by atoms with Gasteiger partial charge in [-0.1, -0.05) is 228 Å². The Morgan fingerprint density at radius 2 is 0.726 bits per heavy atom. The van der Waals surface area contributed by atoms with Gasteiger partial charge < -0.3 is 4.48 Å². The lowest BCUT2D eigenvalue weighted by atomic mass is 10.0. The van der Waals surface area contributed by atoms with Gasteiger partial charge in [0, 0.05) is 24.6 Å². The number of nitrogens with zero attached hydrogens (tertiary/aromatic N) is 1. The third kappa shape index (κ3) is 48.7. The van der Waals surface area contributed by atoms with Gasteiger partial charge in [-0.2, -0.15) is 23.5 Å². The predicted octanol–water partition coefficient (Wildman–Crippen LogP) is 19.3. The summed E-state index contributed by atoms with van der Waals surface area (Å²) in [5.41, 5.74) is 0. The lowest BCUT2D eigenvalue weighted by Gasteiger charge is -2.33. The largest absolute Gasteiger partial charge is 0.461 e. The number of nitrogens with one attached hydrogen (secondary N) is 1. The molecule has 2 atom stereocenters. The van der Waals surface area contributed by atoms with Crippen LogP contribution in [0.5, 0.6) is 0 Å². The molecule has 0 amide bonds. The first-order chi connectivity index (χ1) is 29.7. The average molecular weight is 936 g/mol. The van der Waals surface area contributed by atoms with E-state index in [1.54, 1.807) is 0 Å². The fourth-order valence-corrected chi connectivity index (χ4v) is 12.3. The van der Waals surface area contributed by atoms with Gasteiger partial charge in [-0.3, -0.25) is 9.05 Å². The Labute approximate surface area is 401 Å². The van der Waals surface area contributed by atoms with Crippen LogP contribution in [0.15, 0.2) is 0 Å². The summed E-state index contributed by atoms with van der Waals surface area (Å²) in [6.07, 6.45) is 51.1. The van der Waals surface area contributed by atoms with E-state index in [2.05, 4.69) is 77.4 Å². The van der Waals surface area contributed by atoms with Crippen molar-refractivity contribution in [2.75, 3.05) is 51.9 Å². The second-order valence-corrected chi connectivity index (χ2v) is 24.1. The minimum Gasteiger partial charge on any atom is -0.461 e. The van der Waals surface area contributed by atoms with Crippen LogP contribution in [-0.4, -0.2) is 66.9 Å². The summed E-state index contributed by atoms with van der Waals surface area (Å²) in [4.78, 5) is 0. The van der Waals surface area contributed by atoms with E-state index >= 15 is 0 Å². The fraction of sp³-hybridized carbons (Fsp3) is 0.981. The summed E-state index contributed by atoms with van der Waals surface area (Å²) < 4.78 is 26.4. The second kappa shape index (κ2) is 49.7. The van der Waals surface area contributed by atoms with Crippen molar-refractivity contribution in [3.63, 3.8) is 0 Å². The first-order valence-electron chi connectivity index (χ1n) is 27.2. The molecule has 0 aliphatic rings. The summed E-state index contributed by atoms with van der Waals surface area (Å²) in [7, 11) is 4.96. The highest BCUT2D eigenvalue weighted by Gasteiger charge is 2.24. The molecule has 1 N–H and O–H groups in total. The smallest absolute Gasteiger partial charge is 0.405 e. The molecule has 2 unspecified atom stereocenters. The van der Waals surface area contributed by atoms with Crippen molar-refractivity contribution in [3.8, 4) is 0 Å². The molecule has 0 radical (unpaired) electrons. The van der Waals surface area contributed by atoms with Gasteiger partial charge >= 0.3 is 7.75 Å². The van der Waals surface area contributed by atoms with Crippen molar-refractivity contribution >= 4 is 31.3 Å². The Balaban J connectivity index is 0. The van der Waals surface area contributed by atoms with Crippen LogP contribution in [0.1, 0.15) is 279 Å². The van der Waals surface area contributed by atoms with Gasteiger partial charge in [0.05, 0.1) is 26.3 Å². The molecule has 0 heterocycles. The van der Waals surface area contributed by atoms with Crippen LogP contribution in [0, 0.1) is 7.05 Å². The molecule has 0 saturated carbocycles. The number of rotatable bonds is 52. The maximum Gasteiger partial charge on any atom is 0.405 e. The summed E-state index contributed by atoms with van der Waals surface area (Å²) >= 11 is 4.56. The van der Waals surface area contributed by atoms with Gasteiger partial charge in [0.15, 0.2) is 0 Å². The molecular formula is C54H115N2O3PS2. The van der Waals surface area contributed by atoms with Crippen LogP contribution >= 0.6 is 31.3 Å². The quantitative estimate of drug-likeness (QED) is 0.0284. The SMILES string of the molecule is C.[CH2-][N+](C)(C)CCNP(=O)(OCCCCCCCCC(CCCCCCCCC)SCCCCCC)OCCCCCCCCC(CCCCCCCCC)SCCCCCC. The van der Waals surface area contributed by atoms with Crippen molar-refractivity contribution in [2.24, 2.45) is 0 Å². The fourth-order valence-electron chi connectivity index (χ4n) is 8.19. The van der Waals surface area contributed by atoms with E-state index in [0.717, 1.165) is 42.7 Å². The van der Waals surface area contributed by atoms with E-state index < -0.39 is 7.75 Å². The number of hydrogen-bond acceptors (Lipinski definition) is 5. The number of unbranched alkanes of at least 4 members (excludes halogenated alkanes) is 28. The number of quaternary nitrogens is 1. The molecule has 5 nitrogen and oxygen atoms in total. The Bertz CT molecular complexity index is 849. The van der Waals surface area contributed by atoms with E-state index in [9.17, 15) is 4.57 Å². The second-order valence-electron chi connectivity index (χ2n) is 19.5. The normalized spacial score (nSPS) is 13.9. The van der Waals surface area contributed by atoms with Crippen molar-refractivity contribution in [2.45, 2.75) is 290 Å². The molecule has 0 bridgehead atoms. The Morgan fingerprint density at radius 3 is 1.03 bits per heavy atom. The third-order valence-electron chi connectivity index (χ3n) is 12.3. The molecule has 0 aromatic rings.